The van der Waals surface area contributed by atoms with Gasteiger partial charge in [0, 0.05) is 25.2 Å². The lowest BCUT2D eigenvalue weighted by Gasteiger charge is -2.50. The van der Waals surface area contributed by atoms with Crippen LogP contribution in [0.1, 0.15) is 25.0 Å². The second kappa shape index (κ2) is 16.9. The van der Waals surface area contributed by atoms with Crippen LogP contribution in [0.15, 0.2) is 279 Å². The summed E-state index contributed by atoms with van der Waals surface area (Å²) in [6.07, 6.45) is -0.800. The Morgan fingerprint density at radius 3 is 0.987 bits per heavy atom. The Kier molecular flexibility index (Phi) is 9.78. The van der Waals surface area contributed by atoms with E-state index in [1.54, 1.807) is 0 Å². The lowest BCUT2D eigenvalue weighted by atomic mass is 9.88. The van der Waals surface area contributed by atoms with Crippen LogP contribution in [0, 0.1) is 0 Å². The SMILES string of the molecule is CC1=[N+](c2ccccc2)C2(c3ccccc3N3c4ccccc4N(c4ccccc4)C32)[N+](c2ccccc2)=C(C)N(c2ccccc2)C2(c3ccccc3N3c4ccccc4N(c4ccccc4)C32)N1c1ccccc1. The minimum atomic E-state index is -1.08. The zero-order valence-electron chi connectivity index (χ0n) is 42.3. The third kappa shape index (κ3) is 5.83. The molecule has 8 heteroatoms. The molecule has 0 saturated heterocycles. The Morgan fingerprint density at radius 2 is 0.566 bits per heavy atom. The van der Waals surface area contributed by atoms with Gasteiger partial charge in [-0.25, -0.2) is 0 Å². The normalized spacial score (nSPS) is 20.9. The van der Waals surface area contributed by atoms with Gasteiger partial charge in [0.25, 0.3) is 11.7 Å². The second-order valence-electron chi connectivity index (χ2n) is 20.1. The van der Waals surface area contributed by atoms with Crippen LogP contribution in [0.25, 0.3) is 0 Å². The van der Waals surface area contributed by atoms with Gasteiger partial charge >= 0.3 is 11.3 Å². The van der Waals surface area contributed by atoms with Gasteiger partial charge in [0.15, 0.2) is 0 Å². The van der Waals surface area contributed by atoms with Gasteiger partial charge < -0.3 is 19.6 Å². The molecule has 5 heterocycles. The molecule has 0 N–H and O–H groups in total. The van der Waals surface area contributed by atoms with Gasteiger partial charge in [0.2, 0.25) is 12.3 Å². The first-order valence-electron chi connectivity index (χ1n) is 26.4. The maximum Gasteiger partial charge on any atom is 0.322 e. The molecule has 2 unspecified atom stereocenters. The second-order valence-corrected chi connectivity index (χ2v) is 20.1. The molecule has 0 bridgehead atoms. The van der Waals surface area contributed by atoms with Crippen LogP contribution >= 0.6 is 0 Å². The summed E-state index contributed by atoms with van der Waals surface area (Å²) in [5.74, 6) is 2.07. The molecule has 364 valence electrons. The summed E-state index contributed by atoms with van der Waals surface area (Å²) in [4.78, 5) is 15.9. The van der Waals surface area contributed by atoms with E-state index in [0.29, 0.717) is 0 Å². The molecule has 10 aromatic rings. The van der Waals surface area contributed by atoms with Gasteiger partial charge in [-0.3, -0.25) is 0 Å². The summed E-state index contributed by atoms with van der Waals surface area (Å²) < 4.78 is 5.43. The molecule has 0 aromatic heterocycles. The molecule has 0 saturated carbocycles. The van der Waals surface area contributed by atoms with E-state index in [9.17, 15) is 0 Å². The number of anilines is 10. The molecule has 2 spiro atoms. The fraction of sp³-hybridized carbons (Fsp3) is 0.0882. The van der Waals surface area contributed by atoms with Crippen molar-refractivity contribution in [3.8, 4) is 0 Å². The zero-order valence-corrected chi connectivity index (χ0v) is 42.3. The first-order valence-corrected chi connectivity index (χ1v) is 26.4. The Balaban J connectivity index is 1.20. The number of fused-ring (bicyclic) bond motifs is 14. The largest absolute Gasteiger partial charge is 0.322 e. The van der Waals surface area contributed by atoms with Crippen molar-refractivity contribution in [3.05, 3.63) is 290 Å². The van der Waals surface area contributed by atoms with Crippen molar-refractivity contribution < 1.29 is 9.15 Å². The minimum Gasteiger partial charge on any atom is -0.310 e. The van der Waals surface area contributed by atoms with E-state index in [2.05, 4.69) is 331 Å². The molecule has 0 radical (unpaired) electrons. The molecule has 2 atom stereocenters. The quantitative estimate of drug-likeness (QED) is 0.154. The first-order chi connectivity index (χ1) is 37.6. The Morgan fingerprint density at radius 1 is 0.276 bits per heavy atom. The van der Waals surface area contributed by atoms with Crippen LogP contribution < -0.4 is 29.4 Å². The van der Waals surface area contributed by atoms with Gasteiger partial charge in [-0.15, -0.1) is 0 Å². The topological polar surface area (TPSA) is 25.5 Å². The Hall–Kier alpha value is -9.66. The molecule has 5 aliphatic rings. The fourth-order valence-corrected chi connectivity index (χ4v) is 13.9. The van der Waals surface area contributed by atoms with Crippen molar-refractivity contribution in [3.63, 3.8) is 0 Å². The molecular formula is C68H54N8+2. The number of hydrogen-bond donors (Lipinski definition) is 0. The van der Waals surface area contributed by atoms with E-state index < -0.39 is 23.7 Å². The molecule has 15 rings (SSSR count). The highest BCUT2D eigenvalue weighted by Crippen LogP contribution is 2.66. The minimum absolute atomic E-state index is 0.400. The predicted molar refractivity (Wildman–Crippen MR) is 310 cm³/mol. The van der Waals surface area contributed by atoms with Gasteiger partial charge in [-0.1, -0.05) is 158 Å². The molecule has 0 fully saturated rings. The number of benzene rings is 10. The van der Waals surface area contributed by atoms with Crippen molar-refractivity contribution in [2.75, 3.05) is 29.4 Å². The molecule has 5 aliphatic heterocycles. The lowest BCUT2D eigenvalue weighted by molar-refractivity contribution is -0.780. The molecule has 8 nitrogen and oxygen atoms in total. The smallest absolute Gasteiger partial charge is 0.310 e. The number of hydrogen-bond acceptors (Lipinski definition) is 6. The Bertz CT molecular complexity index is 3770. The average molecular weight is 983 g/mol. The van der Waals surface area contributed by atoms with Gasteiger partial charge in [-0.05, 0) is 121 Å². The average Bonchev–Trinajstić information content (AvgIpc) is 4.25. The molecule has 0 amide bonds. The summed E-state index contributed by atoms with van der Waals surface area (Å²) in [6, 6.07) is 103. The van der Waals surface area contributed by atoms with Crippen LogP contribution in [0.2, 0.25) is 0 Å². The van der Waals surface area contributed by atoms with Crippen molar-refractivity contribution in [2.45, 2.75) is 37.5 Å². The third-order valence-corrected chi connectivity index (χ3v) is 16.4. The van der Waals surface area contributed by atoms with Crippen molar-refractivity contribution >= 4 is 79.9 Å². The zero-order chi connectivity index (χ0) is 50.5. The monoisotopic (exact) mass is 982 g/mol. The summed E-state index contributed by atoms with van der Waals surface area (Å²) >= 11 is 0. The first kappa shape index (κ1) is 43.9. The van der Waals surface area contributed by atoms with E-state index in [-0.39, 0.29) is 0 Å². The molecule has 10 aromatic carbocycles. The van der Waals surface area contributed by atoms with Crippen LogP contribution in [0.5, 0.6) is 0 Å². The van der Waals surface area contributed by atoms with Crippen molar-refractivity contribution in [1.82, 2.24) is 0 Å². The fourth-order valence-electron chi connectivity index (χ4n) is 13.9. The maximum atomic E-state index is 2.71. The summed E-state index contributed by atoms with van der Waals surface area (Å²) in [7, 11) is 0. The number of nitrogens with zero attached hydrogens (tertiary/aromatic N) is 8. The van der Waals surface area contributed by atoms with E-state index in [0.717, 1.165) is 79.9 Å². The molecular weight excluding hydrogens is 929 g/mol. The molecule has 76 heavy (non-hydrogen) atoms. The summed E-state index contributed by atoms with van der Waals surface area (Å²) in [5.41, 5.74) is 13.5. The van der Waals surface area contributed by atoms with E-state index in [1.807, 2.05) is 0 Å². The number of amidine groups is 2. The number of para-hydroxylation sites is 12. The van der Waals surface area contributed by atoms with Crippen molar-refractivity contribution in [1.29, 1.82) is 0 Å². The Labute approximate surface area is 444 Å². The highest BCUT2D eigenvalue weighted by molar-refractivity contribution is 6.07. The molecule has 0 aliphatic carbocycles. The van der Waals surface area contributed by atoms with Crippen LogP contribution in [-0.2, 0) is 11.3 Å². The summed E-state index contributed by atoms with van der Waals surface area (Å²) in [5, 5.41) is 0. The number of rotatable bonds is 6. The van der Waals surface area contributed by atoms with E-state index in [4.69, 9.17) is 0 Å². The van der Waals surface area contributed by atoms with Crippen LogP contribution in [0.4, 0.5) is 68.2 Å². The van der Waals surface area contributed by atoms with E-state index >= 15 is 0 Å². The van der Waals surface area contributed by atoms with Crippen LogP contribution in [-0.4, -0.2) is 33.2 Å². The maximum absolute atomic E-state index is 2.71. The van der Waals surface area contributed by atoms with Gasteiger partial charge in [0.05, 0.1) is 45.3 Å². The van der Waals surface area contributed by atoms with E-state index in [1.165, 1.54) is 11.1 Å². The van der Waals surface area contributed by atoms with Crippen molar-refractivity contribution in [2.24, 2.45) is 0 Å². The lowest BCUT2D eigenvalue weighted by Crippen LogP contribution is -2.75. The van der Waals surface area contributed by atoms with Gasteiger partial charge in [-0.2, -0.15) is 19.0 Å². The highest BCUT2D eigenvalue weighted by Gasteiger charge is 2.77. The summed E-state index contributed by atoms with van der Waals surface area (Å²) in [6.45, 7) is 4.77. The highest BCUT2D eigenvalue weighted by atomic mass is 15.6. The third-order valence-electron chi connectivity index (χ3n) is 16.4. The van der Waals surface area contributed by atoms with Crippen LogP contribution in [0.3, 0.4) is 0 Å². The van der Waals surface area contributed by atoms with Gasteiger partial charge in [0.1, 0.15) is 22.7 Å². The standard InChI is InChI=1S/C68H54N8/c1-49-73(53-33-13-5-14-34-53)67(57-41-21-23-43-59(57)71-63-47-27-25-45-61(63)69(65(67)71)51-29-9-3-10-30-51)75(55-37-17-7-18-38-55)50(2)76(56-39-19-8-20-40-56)68(74(49)54-35-15-6-16-36-54)58-42-22-24-44-60(58)72-64-48-28-26-46-62(64)70(66(68)72)52-31-11-4-12-32-52/h3-48,65-66H,1-2H3/q+2. The predicted octanol–water partition coefficient (Wildman–Crippen LogP) is 15.5.